The van der Waals surface area contributed by atoms with Gasteiger partial charge < -0.3 is 10.1 Å². The first-order valence-corrected chi connectivity index (χ1v) is 8.06. The molecule has 21 heavy (non-hydrogen) atoms. The van der Waals surface area contributed by atoms with E-state index in [4.69, 9.17) is 4.74 Å². The Hall–Kier alpha value is -0.870. The van der Waals surface area contributed by atoms with Crippen molar-refractivity contribution in [1.82, 2.24) is 15.1 Å². The minimum atomic E-state index is 0.126. The zero-order chi connectivity index (χ0) is 16.0. The maximum atomic E-state index is 5.69. The number of ether oxygens (including phenoxy) is 1. The van der Waals surface area contributed by atoms with E-state index in [1.165, 1.54) is 11.3 Å². The molecule has 0 radical (unpaired) electrons. The molecule has 1 aromatic rings. The number of aryl methyl sites for hydroxylation is 1. The molecule has 0 amide bonds. The Bertz CT molecular complexity index is 430. The molecule has 4 heteroatoms. The maximum Gasteiger partial charge on any atom is 0.0662 e. The SMILES string of the molecule is Cc1nn(CCOCCC(C)C)c(C)c1CNC(C)(C)C. The number of nitrogens with zero attached hydrogens (tertiary/aromatic N) is 2. The average Bonchev–Trinajstić information content (AvgIpc) is 2.60. The van der Waals surface area contributed by atoms with E-state index in [2.05, 4.69) is 63.6 Å². The van der Waals surface area contributed by atoms with E-state index in [-0.39, 0.29) is 5.54 Å². The van der Waals surface area contributed by atoms with Gasteiger partial charge in [-0.2, -0.15) is 5.10 Å². The minimum Gasteiger partial charge on any atom is -0.380 e. The topological polar surface area (TPSA) is 39.1 Å². The molecule has 4 nitrogen and oxygen atoms in total. The van der Waals surface area contributed by atoms with Crippen molar-refractivity contribution in [1.29, 1.82) is 0 Å². The van der Waals surface area contributed by atoms with Gasteiger partial charge in [0.1, 0.15) is 0 Å². The van der Waals surface area contributed by atoms with Crippen LogP contribution in [0.3, 0.4) is 0 Å². The fourth-order valence-electron chi connectivity index (χ4n) is 2.13. The number of aromatic nitrogens is 2. The zero-order valence-electron chi connectivity index (χ0n) is 14.9. The molecule has 1 N–H and O–H groups in total. The zero-order valence-corrected chi connectivity index (χ0v) is 14.9. The highest BCUT2D eigenvalue weighted by molar-refractivity contribution is 5.24. The molecule has 0 atom stereocenters. The van der Waals surface area contributed by atoms with Crippen LogP contribution in [0.5, 0.6) is 0 Å². The lowest BCUT2D eigenvalue weighted by molar-refractivity contribution is 0.113. The van der Waals surface area contributed by atoms with E-state index in [0.29, 0.717) is 5.92 Å². The van der Waals surface area contributed by atoms with Gasteiger partial charge in [-0.05, 0) is 47.0 Å². The molecule has 0 saturated carbocycles. The second-order valence-corrected chi connectivity index (χ2v) is 7.27. The summed E-state index contributed by atoms with van der Waals surface area (Å²) in [5.74, 6) is 0.703. The number of rotatable bonds is 8. The van der Waals surface area contributed by atoms with E-state index in [9.17, 15) is 0 Å². The second kappa shape index (κ2) is 7.95. The van der Waals surface area contributed by atoms with Crippen LogP contribution < -0.4 is 5.32 Å². The average molecular weight is 295 g/mol. The van der Waals surface area contributed by atoms with Crippen LogP contribution in [-0.2, 0) is 17.8 Å². The molecule has 0 spiro atoms. The standard InChI is InChI=1S/C17H33N3O/c1-13(2)8-10-21-11-9-20-15(4)16(14(3)19-20)12-18-17(5,6)7/h13,18H,8-12H2,1-7H3. The van der Waals surface area contributed by atoms with Gasteiger partial charge in [-0.15, -0.1) is 0 Å². The maximum absolute atomic E-state index is 5.69. The van der Waals surface area contributed by atoms with Crippen LogP contribution in [0.4, 0.5) is 0 Å². The number of nitrogens with one attached hydrogen (secondary N) is 1. The molecular formula is C17H33N3O. The lowest BCUT2D eigenvalue weighted by atomic mass is 10.1. The third-order valence-electron chi connectivity index (χ3n) is 3.61. The Morgan fingerprint density at radius 1 is 1.19 bits per heavy atom. The summed E-state index contributed by atoms with van der Waals surface area (Å²) in [5.41, 5.74) is 3.80. The number of hydrogen-bond acceptors (Lipinski definition) is 3. The van der Waals surface area contributed by atoms with Crippen molar-refractivity contribution < 1.29 is 4.74 Å². The van der Waals surface area contributed by atoms with Gasteiger partial charge in [-0.3, -0.25) is 4.68 Å². The molecule has 0 bridgehead atoms. The molecule has 0 aliphatic rings. The highest BCUT2D eigenvalue weighted by atomic mass is 16.5. The van der Waals surface area contributed by atoms with Crippen LogP contribution in [0.15, 0.2) is 0 Å². The Balaban J connectivity index is 2.49. The Kier molecular flexibility index (Phi) is 6.88. The molecule has 0 fully saturated rings. The van der Waals surface area contributed by atoms with Gasteiger partial charge in [0.25, 0.3) is 0 Å². The predicted molar refractivity (Wildman–Crippen MR) is 88.6 cm³/mol. The molecule has 0 aliphatic heterocycles. The van der Waals surface area contributed by atoms with Gasteiger partial charge in [0.2, 0.25) is 0 Å². The van der Waals surface area contributed by atoms with Crippen LogP contribution >= 0.6 is 0 Å². The molecule has 0 aliphatic carbocycles. The van der Waals surface area contributed by atoms with Crippen molar-refractivity contribution in [3.8, 4) is 0 Å². The van der Waals surface area contributed by atoms with Gasteiger partial charge >= 0.3 is 0 Å². The normalized spacial score (nSPS) is 12.4. The minimum absolute atomic E-state index is 0.126. The van der Waals surface area contributed by atoms with Crippen molar-refractivity contribution in [3.63, 3.8) is 0 Å². The molecule has 1 rings (SSSR count). The van der Waals surface area contributed by atoms with Gasteiger partial charge in [-0.1, -0.05) is 13.8 Å². The summed E-state index contributed by atoms with van der Waals surface area (Å²) in [7, 11) is 0. The summed E-state index contributed by atoms with van der Waals surface area (Å²) in [6.07, 6.45) is 1.12. The summed E-state index contributed by atoms with van der Waals surface area (Å²) in [6.45, 7) is 18.5. The third kappa shape index (κ3) is 6.62. The predicted octanol–water partition coefficient (Wildman–Crippen LogP) is 3.45. The van der Waals surface area contributed by atoms with E-state index in [0.717, 1.165) is 38.4 Å². The summed E-state index contributed by atoms with van der Waals surface area (Å²) in [4.78, 5) is 0. The van der Waals surface area contributed by atoms with Gasteiger partial charge in [0, 0.05) is 29.9 Å². The van der Waals surface area contributed by atoms with Gasteiger partial charge in [0.15, 0.2) is 0 Å². The van der Waals surface area contributed by atoms with E-state index in [1.54, 1.807) is 0 Å². The Labute approximate surface area is 130 Å². The van der Waals surface area contributed by atoms with E-state index >= 15 is 0 Å². The van der Waals surface area contributed by atoms with Crippen molar-refractivity contribution in [2.45, 2.75) is 73.5 Å². The summed E-state index contributed by atoms with van der Waals surface area (Å²) in [6, 6.07) is 0. The van der Waals surface area contributed by atoms with Crippen LogP contribution in [0.1, 0.15) is 58.0 Å². The monoisotopic (exact) mass is 295 g/mol. The smallest absolute Gasteiger partial charge is 0.0662 e. The first-order valence-electron chi connectivity index (χ1n) is 8.06. The largest absolute Gasteiger partial charge is 0.380 e. The van der Waals surface area contributed by atoms with Crippen LogP contribution in [0, 0.1) is 19.8 Å². The molecule has 0 aromatic carbocycles. The number of hydrogen-bond donors (Lipinski definition) is 1. The van der Waals surface area contributed by atoms with E-state index in [1.807, 2.05) is 0 Å². The fourth-order valence-corrected chi connectivity index (χ4v) is 2.13. The summed E-state index contributed by atoms with van der Waals surface area (Å²) >= 11 is 0. The van der Waals surface area contributed by atoms with Crippen molar-refractivity contribution in [3.05, 3.63) is 17.0 Å². The van der Waals surface area contributed by atoms with Crippen LogP contribution in [0.2, 0.25) is 0 Å². The molecule has 1 heterocycles. The highest BCUT2D eigenvalue weighted by Crippen LogP contribution is 2.14. The molecule has 1 aromatic heterocycles. The lowest BCUT2D eigenvalue weighted by Gasteiger charge is -2.20. The molecular weight excluding hydrogens is 262 g/mol. The van der Waals surface area contributed by atoms with Crippen molar-refractivity contribution in [2.24, 2.45) is 5.92 Å². The summed E-state index contributed by atoms with van der Waals surface area (Å²) in [5, 5.41) is 8.18. The van der Waals surface area contributed by atoms with E-state index < -0.39 is 0 Å². The fraction of sp³-hybridized carbons (Fsp3) is 0.824. The Morgan fingerprint density at radius 2 is 1.86 bits per heavy atom. The van der Waals surface area contributed by atoms with Crippen molar-refractivity contribution in [2.75, 3.05) is 13.2 Å². The molecule has 0 saturated heterocycles. The van der Waals surface area contributed by atoms with Gasteiger partial charge in [-0.25, -0.2) is 0 Å². The first-order chi connectivity index (χ1) is 9.70. The summed E-state index contributed by atoms with van der Waals surface area (Å²) < 4.78 is 7.76. The molecule has 0 unspecified atom stereocenters. The lowest BCUT2D eigenvalue weighted by Crippen LogP contribution is -2.35. The van der Waals surface area contributed by atoms with Crippen LogP contribution in [0.25, 0.3) is 0 Å². The van der Waals surface area contributed by atoms with Crippen LogP contribution in [-0.4, -0.2) is 28.5 Å². The third-order valence-corrected chi connectivity index (χ3v) is 3.61. The molecule has 122 valence electrons. The van der Waals surface area contributed by atoms with Crippen molar-refractivity contribution >= 4 is 0 Å². The quantitative estimate of drug-likeness (QED) is 0.747. The first kappa shape index (κ1) is 18.2. The highest BCUT2D eigenvalue weighted by Gasteiger charge is 2.14. The van der Waals surface area contributed by atoms with Gasteiger partial charge in [0.05, 0.1) is 18.8 Å². The Morgan fingerprint density at radius 3 is 2.43 bits per heavy atom. The second-order valence-electron chi connectivity index (χ2n) is 7.27.